The van der Waals surface area contributed by atoms with Crippen molar-refractivity contribution in [3.05, 3.63) is 290 Å². The molecule has 3 heterocycles. The number of pyridine rings is 3. The van der Waals surface area contributed by atoms with Crippen molar-refractivity contribution < 1.29 is 20.1 Å². The van der Waals surface area contributed by atoms with Crippen LogP contribution in [0.25, 0.3) is 128 Å². The molecule has 0 aliphatic heterocycles. The summed E-state index contributed by atoms with van der Waals surface area (Å²) in [5, 5.41) is 10.7. The third-order valence-electron chi connectivity index (χ3n) is 14.0. The molecule has 0 saturated carbocycles. The topological polar surface area (TPSA) is 66.8 Å². The molecule has 0 spiro atoms. The number of rotatable bonds is 11. The molecule has 0 radical (unpaired) electrons. The maximum atomic E-state index is 10.7. The normalized spacial score (nSPS) is 10.8. The Balaban J connectivity index is 0.00000645. The Morgan fingerprint density at radius 3 is 1.36 bits per heavy atom. The van der Waals surface area contributed by atoms with Crippen molar-refractivity contribution in [2.45, 2.75) is 6.92 Å². The fraction of sp³-hybridized carbons (Fsp3) is 0.0139. The summed E-state index contributed by atoms with van der Waals surface area (Å²) in [6, 6.07) is 91.6. The van der Waals surface area contributed by atoms with Crippen molar-refractivity contribution in [1.29, 1.82) is 5.26 Å². The van der Waals surface area contributed by atoms with Crippen molar-refractivity contribution in [3.63, 3.8) is 0 Å². The number of benzene rings is 9. The van der Waals surface area contributed by atoms with E-state index in [0.717, 1.165) is 128 Å². The minimum absolute atomic E-state index is 0. The Morgan fingerprint density at radius 2 is 0.833 bits per heavy atom. The maximum absolute atomic E-state index is 10.7. The quantitative estimate of drug-likeness (QED) is 0.121. The van der Waals surface area contributed by atoms with Crippen molar-refractivity contribution in [1.82, 2.24) is 15.0 Å². The smallest absolute Gasteiger partial charge is 0.305 e. The van der Waals surface area contributed by atoms with E-state index in [1.165, 1.54) is 0 Å². The van der Waals surface area contributed by atoms with Crippen molar-refractivity contribution in [2.24, 2.45) is 0 Å². The van der Waals surface area contributed by atoms with Crippen LogP contribution in [0.1, 0.15) is 11.1 Å². The summed E-state index contributed by atoms with van der Waals surface area (Å²) in [6.07, 6.45) is 5.40. The van der Waals surface area contributed by atoms with Crippen LogP contribution < -0.4 is 0 Å². The van der Waals surface area contributed by atoms with Gasteiger partial charge in [-0.2, -0.15) is 5.26 Å². The molecule has 0 bridgehead atoms. The van der Waals surface area contributed by atoms with Gasteiger partial charge in [0.1, 0.15) is 5.69 Å². The molecule has 0 amide bonds. The number of aromatic nitrogens is 3. The minimum Gasteiger partial charge on any atom is -0.305 e. The second-order valence-electron chi connectivity index (χ2n) is 18.7. The first kappa shape index (κ1) is 50.2. The summed E-state index contributed by atoms with van der Waals surface area (Å²) in [5.41, 5.74) is 22.4. The number of hydrogen-bond acceptors (Lipinski definition) is 4. The van der Waals surface area contributed by atoms with Crippen molar-refractivity contribution >= 4 is 5.69 Å². The average molecular weight is 1170 g/mol. The first-order valence-corrected chi connectivity index (χ1v) is 25.3. The van der Waals surface area contributed by atoms with E-state index >= 15 is 0 Å². The van der Waals surface area contributed by atoms with Gasteiger partial charge in [0.25, 0.3) is 0 Å². The SMILES string of the molecule is [C-]#[N+]c1cc(-c2ccccn2)[c-]cc1-c1ccccc1-c1cc(-c2ccccc2-c2c[c-]c(-c3ccccn3)cc2C#N)cc(-c2ccccc2-c2c[c-]c(-c3ccc(C)cn3)cc2-c2ccc(-c3ccccc3)cc2)c1.[Ir+3]. The molecule has 0 fully saturated rings. The maximum Gasteiger partial charge on any atom is 3.00 e. The molecule has 78 heavy (non-hydrogen) atoms. The Bertz CT molecular complexity index is 4060. The monoisotopic (exact) mass is 1170 g/mol. The first-order chi connectivity index (χ1) is 38.0. The van der Waals surface area contributed by atoms with Gasteiger partial charge in [-0.15, -0.1) is 71.3 Å². The molecule has 5 nitrogen and oxygen atoms in total. The number of nitriles is 1. The van der Waals surface area contributed by atoms with Crippen LogP contribution >= 0.6 is 0 Å². The molecule has 12 aromatic rings. The Kier molecular flexibility index (Phi) is 14.5. The molecular weight excluding hydrogens is 1130 g/mol. The fourth-order valence-electron chi connectivity index (χ4n) is 10.1. The van der Waals surface area contributed by atoms with Crippen LogP contribution in [0.3, 0.4) is 0 Å². The standard InChI is InChI=1S/C72H44N5.Ir/c1-48-26-37-71(77-47-48)53-32-35-66(68(44-53)51-29-27-50(28-30-51)49-16-4-3-5-17-49)64-22-10-7-19-60(64)56-41-55(59-18-6-9-21-63(59)62-34-31-52(40-58(62)46-73)69-24-12-14-38-75-69)42-57(43-56)61-20-8-11-23-65(61)67-36-33-54(45-72(67)74-2)70-25-13-15-39-76-70;/h3-30,34-45,47H,1H3;/q-3;+3. The van der Waals surface area contributed by atoms with E-state index in [0.29, 0.717) is 11.3 Å². The molecule has 6 heteroatoms. The van der Waals surface area contributed by atoms with Crippen LogP contribution in [0.15, 0.2) is 249 Å². The van der Waals surface area contributed by atoms with E-state index in [4.69, 9.17) is 11.6 Å². The molecule has 0 unspecified atom stereocenters. The molecule has 12 rings (SSSR count). The number of nitrogens with zero attached hydrogens (tertiary/aromatic N) is 5. The first-order valence-electron chi connectivity index (χ1n) is 25.3. The van der Waals surface area contributed by atoms with E-state index in [2.05, 4.69) is 179 Å². The van der Waals surface area contributed by atoms with Crippen LogP contribution in [0.2, 0.25) is 0 Å². The Morgan fingerprint density at radius 1 is 0.385 bits per heavy atom. The summed E-state index contributed by atoms with van der Waals surface area (Å²) in [5.74, 6) is 0. The number of aryl methyl sites for hydroxylation is 1. The van der Waals surface area contributed by atoms with Gasteiger partial charge in [0, 0.05) is 18.6 Å². The zero-order valence-electron chi connectivity index (χ0n) is 42.2. The van der Waals surface area contributed by atoms with Gasteiger partial charge in [-0.05, 0) is 116 Å². The fourth-order valence-corrected chi connectivity index (χ4v) is 10.1. The van der Waals surface area contributed by atoms with Gasteiger partial charge in [0.15, 0.2) is 0 Å². The van der Waals surface area contributed by atoms with Gasteiger partial charge in [-0.3, -0.25) is 4.85 Å². The zero-order valence-corrected chi connectivity index (χ0v) is 44.6. The van der Waals surface area contributed by atoms with Gasteiger partial charge >= 0.3 is 20.1 Å². The summed E-state index contributed by atoms with van der Waals surface area (Å²) in [4.78, 5) is 18.0. The second kappa shape index (κ2) is 22.5. The Labute approximate surface area is 468 Å². The average Bonchev–Trinajstić information content (AvgIpc) is 3.62. The van der Waals surface area contributed by atoms with Crippen LogP contribution in [-0.2, 0) is 20.1 Å². The van der Waals surface area contributed by atoms with E-state index in [1.807, 2.05) is 104 Å². The van der Waals surface area contributed by atoms with Gasteiger partial charge < -0.3 is 15.0 Å². The summed E-state index contributed by atoms with van der Waals surface area (Å²) < 4.78 is 0. The number of hydrogen-bond donors (Lipinski definition) is 0. The molecule has 0 aliphatic rings. The predicted octanol–water partition coefficient (Wildman–Crippen LogP) is 18.3. The van der Waals surface area contributed by atoms with Crippen LogP contribution in [0, 0.1) is 43.0 Å². The molecule has 3 aromatic heterocycles. The summed E-state index contributed by atoms with van der Waals surface area (Å²) >= 11 is 0. The van der Waals surface area contributed by atoms with Gasteiger partial charge in [0.2, 0.25) is 0 Å². The molecule has 9 aromatic carbocycles. The van der Waals surface area contributed by atoms with E-state index < -0.39 is 0 Å². The molecule has 0 aliphatic carbocycles. The molecule has 0 atom stereocenters. The summed E-state index contributed by atoms with van der Waals surface area (Å²) in [6.45, 7) is 10.5. The molecule has 0 saturated heterocycles. The Hall–Kier alpha value is -9.94. The largest absolute Gasteiger partial charge is 3.00 e. The van der Waals surface area contributed by atoms with Gasteiger partial charge in [-0.1, -0.05) is 203 Å². The van der Waals surface area contributed by atoms with Crippen LogP contribution in [0.5, 0.6) is 0 Å². The molecule has 0 N–H and O–H groups in total. The van der Waals surface area contributed by atoms with Gasteiger partial charge in [0.05, 0.1) is 12.6 Å². The van der Waals surface area contributed by atoms with E-state index in [1.54, 1.807) is 12.4 Å². The van der Waals surface area contributed by atoms with E-state index in [-0.39, 0.29) is 20.1 Å². The van der Waals surface area contributed by atoms with Crippen LogP contribution in [0.4, 0.5) is 5.69 Å². The molecule has 366 valence electrons. The van der Waals surface area contributed by atoms with Crippen LogP contribution in [-0.4, -0.2) is 15.0 Å². The van der Waals surface area contributed by atoms with Crippen molar-refractivity contribution in [3.8, 4) is 129 Å². The van der Waals surface area contributed by atoms with Crippen molar-refractivity contribution in [2.75, 3.05) is 0 Å². The third kappa shape index (κ3) is 10.1. The van der Waals surface area contributed by atoms with E-state index in [9.17, 15) is 5.26 Å². The summed E-state index contributed by atoms with van der Waals surface area (Å²) in [7, 11) is 0. The predicted molar refractivity (Wildman–Crippen MR) is 312 cm³/mol. The zero-order chi connectivity index (χ0) is 52.1. The second-order valence-corrected chi connectivity index (χ2v) is 18.7. The minimum atomic E-state index is 0. The van der Waals surface area contributed by atoms with Gasteiger partial charge in [-0.25, -0.2) is 0 Å². The molecular formula is C72H44IrN5. The third-order valence-corrected chi connectivity index (χ3v) is 14.0.